The molecular weight excluding hydrogens is 364 g/mol. The van der Waals surface area contributed by atoms with Crippen LogP contribution in [-0.4, -0.2) is 42.1 Å². The summed E-state index contributed by atoms with van der Waals surface area (Å²) in [5.41, 5.74) is 5.97. The molecule has 2 unspecified atom stereocenters. The maximum absolute atomic E-state index is 13.4. The van der Waals surface area contributed by atoms with Gasteiger partial charge in [0.1, 0.15) is 17.5 Å². The zero-order valence-corrected chi connectivity index (χ0v) is 16.9. The lowest BCUT2D eigenvalue weighted by Crippen LogP contribution is -2.51. The number of hydrogen-bond donors (Lipinski definition) is 2. The van der Waals surface area contributed by atoms with Crippen LogP contribution >= 0.6 is 0 Å². The minimum Gasteiger partial charge on any atom is -0.485 e. The molecule has 1 saturated carbocycles. The van der Waals surface area contributed by atoms with Gasteiger partial charge >= 0.3 is 0 Å². The molecule has 2 fully saturated rings. The van der Waals surface area contributed by atoms with Crippen LogP contribution in [0, 0.1) is 5.92 Å². The van der Waals surface area contributed by atoms with E-state index in [4.69, 9.17) is 10.5 Å². The number of piperidine rings is 1. The lowest BCUT2D eigenvalue weighted by atomic mass is 9.79. The van der Waals surface area contributed by atoms with Crippen molar-refractivity contribution in [3.8, 4) is 5.75 Å². The van der Waals surface area contributed by atoms with Gasteiger partial charge in [0, 0.05) is 18.2 Å². The minimum atomic E-state index is -3.59. The molecule has 7 heteroatoms. The number of benzene rings is 1. The first kappa shape index (κ1) is 19.2. The Bertz CT molecular complexity index is 821. The van der Waals surface area contributed by atoms with Gasteiger partial charge in [-0.25, -0.2) is 8.42 Å². The molecular formula is C20H30N2O4S. The predicted molar refractivity (Wildman–Crippen MR) is 103 cm³/mol. The monoisotopic (exact) mass is 394 g/mol. The van der Waals surface area contributed by atoms with Gasteiger partial charge in [-0.2, -0.15) is 4.31 Å². The van der Waals surface area contributed by atoms with E-state index < -0.39 is 27.8 Å². The molecule has 3 N–H and O–H groups in total. The molecule has 27 heavy (non-hydrogen) atoms. The first-order valence-electron chi connectivity index (χ1n) is 10.0. The van der Waals surface area contributed by atoms with E-state index in [1.165, 1.54) is 6.42 Å². The Balaban J connectivity index is 1.69. The molecule has 2 heterocycles. The minimum absolute atomic E-state index is 0.114. The van der Waals surface area contributed by atoms with Gasteiger partial charge in [-0.15, -0.1) is 0 Å². The predicted octanol–water partition coefficient (Wildman–Crippen LogP) is 2.56. The number of hydrogen-bond acceptors (Lipinski definition) is 5. The van der Waals surface area contributed by atoms with Gasteiger partial charge in [-0.05, 0) is 63.6 Å². The van der Waals surface area contributed by atoms with Gasteiger partial charge in [0.15, 0.2) is 0 Å². The summed E-state index contributed by atoms with van der Waals surface area (Å²) >= 11 is 0. The Morgan fingerprint density at radius 3 is 2.67 bits per heavy atom. The summed E-state index contributed by atoms with van der Waals surface area (Å²) in [4.78, 5) is 0.249. The summed E-state index contributed by atoms with van der Waals surface area (Å²) in [5.74, 6) is 1.03. The van der Waals surface area contributed by atoms with Gasteiger partial charge in [0.25, 0.3) is 0 Å². The van der Waals surface area contributed by atoms with Gasteiger partial charge in [0.2, 0.25) is 10.0 Å². The smallest absolute Gasteiger partial charge is 0.243 e. The summed E-state index contributed by atoms with van der Waals surface area (Å²) in [6.45, 7) is 4.14. The highest BCUT2D eigenvalue weighted by Crippen LogP contribution is 2.42. The third-order valence-corrected chi connectivity index (χ3v) is 8.49. The molecule has 2 aliphatic heterocycles. The molecule has 0 spiro atoms. The average molecular weight is 395 g/mol. The summed E-state index contributed by atoms with van der Waals surface area (Å²) in [6.07, 6.45) is 5.51. The van der Waals surface area contributed by atoms with E-state index in [0.29, 0.717) is 23.8 Å². The SMILES string of the molecule is CC1(C)Oc2ccc(S(=O)(=O)N3CCCC4CCCCC43)cc2[C@@H](N)[C@@H]1O. The lowest BCUT2D eigenvalue weighted by Gasteiger charge is -2.43. The molecule has 1 aliphatic carbocycles. The van der Waals surface area contributed by atoms with Crippen molar-refractivity contribution in [1.82, 2.24) is 4.31 Å². The average Bonchev–Trinajstić information content (AvgIpc) is 2.65. The summed E-state index contributed by atoms with van der Waals surface area (Å²) in [6, 6.07) is 4.32. The topological polar surface area (TPSA) is 92.9 Å². The van der Waals surface area contributed by atoms with Crippen LogP contribution in [-0.2, 0) is 10.0 Å². The van der Waals surface area contributed by atoms with Crippen LogP contribution in [0.1, 0.15) is 64.0 Å². The van der Waals surface area contributed by atoms with Crippen LogP contribution in [0.15, 0.2) is 23.1 Å². The largest absolute Gasteiger partial charge is 0.485 e. The number of ether oxygens (including phenoxy) is 1. The molecule has 0 bridgehead atoms. The maximum Gasteiger partial charge on any atom is 0.243 e. The Kier molecular flexibility index (Phi) is 4.78. The molecule has 150 valence electrons. The van der Waals surface area contributed by atoms with E-state index in [1.807, 2.05) is 0 Å². The highest BCUT2D eigenvalue weighted by atomic mass is 32.2. The van der Waals surface area contributed by atoms with Gasteiger partial charge in [-0.3, -0.25) is 0 Å². The first-order valence-corrected chi connectivity index (χ1v) is 11.4. The molecule has 6 nitrogen and oxygen atoms in total. The second kappa shape index (κ2) is 6.72. The number of nitrogens with zero attached hydrogens (tertiary/aromatic N) is 1. The number of aliphatic hydroxyl groups is 1. The summed E-state index contributed by atoms with van der Waals surface area (Å²) < 4.78 is 34.4. The van der Waals surface area contributed by atoms with Crippen molar-refractivity contribution in [3.63, 3.8) is 0 Å². The van der Waals surface area contributed by atoms with E-state index in [0.717, 1.165) is 32.1 Å². The Labute approximate surface area is 161 Å². The zero-order chi connectivity index (χ0) is 19.4. The molecule has 4 atom stereocenters. The standard InChI is InChI=1S/C20H30N2O4S/c1-20(2)19(23)18(21)15-12-14(9-10-17(15)26-20)27(24,25)22-11-5-7-13-6-3-4-8-16(13)22/h9-10,12-13,16,18-19,23H,3-8,11,21H2,1-2H3/t13?,16?,18-,19+/m1/s1. The lowest BCUT2D eigenvalue weighted by molar-refractivity contribution is -0.0572. The normalized spacial score (nSPS) is 33.6. The van der Waals surface area contributed by atoms with Gasteiger partial charge in [0.05, 0.1) is 10.9 Å². The van der Waals surface area contributed by atoms with Crippen molar-refractivity contribution in [3.05, 3.63) is 23.8 Å². The van der Waals surface area contributed by atoms with Crippen molar-refractivity contribution < 1.29 is 18.3 Å². The van der Waals surface area contributed by atoms with Crippen molar-refractivity contribution in [1.29, 1.82) is 0 Å². The molecule has 4 rings (SSSR count). The number of rotatable bonds is 2. The van der Waals surface area contributed by atoms with Crippen LogP contribution in [0.2, 0.25) is 0 Å². The summed E-state index contributed by atoms with van der Waals surface area (Å²) in [5, 5.41) is 10.4. The third kappa shape index (κ3) is 3.18. The van der Waals surface area contributed by atoms with E-state index in [-0.39, 0.29) is 10.9 Å². The Hall–Kier alpha value is -1.15. The van der Waals surface area contributed by atoms with Gasteiger partial charge in [-0.1, -0.05) is 12.8 Å². The van der Waals surface area contributed by atoms with Crippen LogP contribution in [0.4, 0.5) is 0 Å². The Morgan fingerprint density at radius 2 is 1.89 bits per heavy atom. The fourth-order valence-electron chi connectivity index (χ4n) is 5.00. The van der Waals surface area contributed by atoms with E-state index in [9.17, 15) is 13.5 Å². The molecule has 1 aromatic rings. The number of aliphatic hydroxyl groups excluding tert-OH is 1. The highest BCUT2D eigenvalue weighted by molar-refractivity contribution is 7.89. The second-order valence-corrected chi connectivity index (χ2v) is 10.6. The van der Waals surface area contributed by atoms with Crippen LogP contribution in [0.5, 0.6) is 5.75 Å². The number of nitrogens with two attached hydrogens (primary N) is 1. The molecule has 3 aliphatic rings. The fourth-order valence-corrected chi connectivity index (χ4v) is 6.79. The molecule has 1 aromatic carbocycles. The van der Waals surface area contributed by atoms with Crippen LogP contribution in [0.25, 0.3) is 0 Å². The first-order chi connectivity index (χ1) is 12.7. The van der Waals surface area contributed by atoms with E-state index in [2.05, 4.69) is 0 Å². The molecule has 0 aromatic heterocycles. The zero-order valence-electron chi connectivity index (χ0n) is 16.1. The third-order valence-electron chi connectivity index (χ3n) is 6.56. The van der Waals surface area contributed by atoms with Crippen molar-refractivity contribution >= 4 is 10.0 Å². The van der Waals surface area contributed by atoms with Crippen molar-refractivity contribution in [2.45, 2.75) is 81.1 Å². The second-order valence-electron chi connectivity index (χ2n) is 8.75. The fraction of sp³-hybridized carbons (Fsp3) is 0.700. The number of fused-ring (bicyclic) bond motifs is 2. The quantitative estimate of drug-likeness (QED) is 0.804. The van der Waals surface area contributed by atoms with E-state index in [1.54, 1.807) is 36.4 Å². The van der Waals surface area contributed by atoms with Gasteiger partial charge < -0.3 is 15.6 Å². The highest BCUT2D eigenvalue weighted by Gasteiger charge is 2.43. The molecule has 0 amide bonds. The maximum atomic E-state index is 13.4. The van der Waals surface area contributed by atoms with E-state index >= 15 is 0 Å². The molecule has 1 saturated heterocycles. The van der Waals surface area contributed by atoms with Crippen molar-refractivity contribution in [2.24, 2.45) is 11.7 Å². The molecule has 0 radical (unpaired) electrons. The number of sulfonamides is 1. The van der Waals surface area contributed by atoms with Crippen LogP contribution in [0.3, 0.4) is 0 Å². The van der Waals surface area contributed by atoms with Crippen molar-refractivity contribution in [2.75, 3.05) is 6.54 Å². The Morgan fingerprint density at radius 1 is 1.19 bits per heavy atom. The summed E-state index contributed by atoms with van der Waals surface area (Å²) in [7, 11) is -3.59. The van der Waals surface area contributed by atoms with Crippen LogP contribution < -0.4 is 10.5 Å².